The number of hydrogen-bond acceptors (Lipinski definition) is 11. The molecule has 0 aromatic carbocycles. The van der Waals surface area contributed by atoms with E-state index in [0.717, 1.165) is 10.8 Å². The molecule has 5 unspecified atom stereocenters. The van der Waals surface area contributed by atoms with Gasteiger partial charge in [0.2, 0.25) is 0 Å². The van der Waals surface area contributed by atoms with Crippen molar-refractivity contribution in [3.05, 3.63) is 22.7 Å². The molecular weight excluding hydrogens is 451 g/mol. The molecule has 19 heteroatoms. The number of aliphatic hydroxyl groups is 1. The highest BCUT2D eigenvalue weighted by Gasteiger charge is 2.55. The maximum absolute atomic E-state index is 11.8. The minimum absolute atomic E-state index is 0.0963. The minimum atomic E-state index is -5.64. The summed E-state index contributed by atoms with van der Waals surface area (Å²) in [5.41, 5.74) is 4.40. The van der Waals surface area contributed by atoms with Crippen molar-refractivity contribution >= 4 is 29.3 Å². The third kappa shape index (κ3) is 5.54. The second kappa shape index (κ2) is 7.69. The number of nitrogens with zero attached hydrogens (tertiary/aromatic N) is 2. The number of nitrogen functional groups attached to an aromatic ring is 1. The van der Waals surface area contributed by atoms with E-state index in [2.05, 4.69) is 18.1 Å². The highest BCUT2D eigenvalue weighted by Crippen LogP contribution is 2.66. The number of hydrogen-bond donors (Lipinski definition) is 6. The lowest BCUT2D eigenvalue weighted by Crippen LogP contribution is -2.63. The van der Waals surface area contributed by atoms with Gasteiger partial charge in [0.15, 0.2) is 0 Å². The highest BCUT2D eigenvalue weighted by molar-refractivity contribution is 7.66. The molecule has 0 amide bonds. The number of phosphoric acid groups is 3. The van der Waals surface area contributed by atoms with Gasteiger partial charge in [0.25, 0.3) is 5.91 Å². The van der Waals surface area contributed by atoms with E-state index < -0.39 is 53.7 Å². The van der Waals surface area contributed by atoms with Gasteiger partial charge in [-0.3, -0.25) is 4.52 Å². The maximum atomic E-state index is 11.8. The summed E-state index contributed by atoms with van der Waals surface area (Å²) in [4.78, 5) is 50.5. The van der Waals surface area contributed by atoms with Crippen molar-refractivity contribution in [2.24, 2.45) is 5.92 Å². The van der Waals surface area contributed by atoms with Gasteiger partial charge in [0.1, 0.15) is 5.82 Å². The van der Waals surface area contributed by atoms with E-state index in [1.54, 1.807) is 0 Å². The molecule has 5 atom stereocenters. The predicted octanol–water partition coefficient (Wildman–Crippen LogP) is -1.19. The lowest BCUT2D eigenvalue weighted by molar-refractivity contribution is -0.417. The van der Waals surface area contributed by atoms with Gasteiger partial charge in [0, 0.05) is 6.20 Å². The first kappa shape index (κ1) is 23.3. The Morgan fingerprint density at radius 1 is 1.25 bits per heavy atom. The molecule has 1 aliphatic heterocycles. The molecule has 1 aliphatic rings. The smallest absolute Gasteiger partial charge is 0.383 e. The van der Waals surface area contributed by atoms with Crippen molar-refractivity contribution in [2.75, 3.05) is 12.3 Å². The van der Waals surface area contributed by atoms with Gasteiger partial charge in [-0.1, -0.05) is 6.92 Å². The van der Waals surface area contributed by atoms with Crippen molar-refractivity contribution in [2.45, 2.75) is 18.9 Å². The van der Waals surface area contributed by atoms with Crippen molar-refractivity contribution in [1.82, 2.24) is 9.55 Å². The van der Waals surface area contributed by atoms with Crippen molar-refractivity contribution in [3.8, 4) is 0 Å². The average molecular weight is 467 g/mol. The molecular formula is C9H16N3O13P3. The van der Waals surface area contributed by atoms with Gasteiger partial charge in [-0.15, -0.1) is 0 Å². The van der Waals surface area contributed by atoms with Gasteiger partial charge in [0.05, 0.1) is 18.6 Å². The summed E-state index contributed by atoms with van der Waals surface area (Å²) in [6.45, 7) is 0.613. The summed E-state index contributed by atoms with van der Waals surface area (Å²) in [6, 6.07) is 1.22. The Bertz CT molecular complexity index is 945. The van der Waals surface area contributed by atoms with Crippen LogP contribution >= 0.6 is 23.5 Å². The highest BCUT2D eigenvalue weighted by atomic mass is 31.3. The topological polar surface area (TPSA) is 250 Å². The summed E-state index contributed by atoms with van der Waals surface area (Å²) < 4.78 is 50.7. The Kier molecular flexibility index (Phi) is 6.39. The zero-order chi connectivity index (χ0) is 21.5. The van der Waals surface area contributed by atoms with Crippen LogP contribution in [0, 0.1) is 5.92 Å². The number of nitrogens with two attached hydrogens (primary N) is 1. The third-order valence-corrected chi connectivity index (χ3v) is 7.27. The Balaban J connectivity index is 1.99. The standard InChI is InChI=1S/C9H16N3O13P3/c1-5-6(23-9(5,14)12-3-2-7(10)11-8(12)13)4-22-27(18,19)25-28(20,21)24-26(15,16)17/h2-3,5-6,14H,4H2,1H3,(H,18,19)(H,20,21)(H2,10,11,13)(H2,15,16,17). The summed E-state index contributed by atoms with van der Waals surface area (Å²) in [5, 5.41) is 10.4. The SMILES string of the molecule is CC1C(COP(=O)(O)OP(=O)(O)OP(=O)(O)O)OC1(O)n1ccc(N)nc1=O. The largest absolute Gasteiger partial charge is 0.490 e. The van der Waals surface area contributed by atoms with Crippen molar-refractivity contribution < 1.29 is 56.3 Å². The maximum Gasteiger partial charge on any atom is 0.490 e. The molecule has 7 N–H and O–H groups in total. The summed E-state index contributed by atoms with van der Waals surface area (Å²) >= 11 is 0. The number of ether oxygens (including phenoxy) is 1. The van der Waals surface area contributed by atoms with Crippen molar-refractivity contribution in [3.63, 3.8) is 0 Å². The first-order valence-electron chi connectivity index (χ1n) is 7.09. The normalized spacial score (nSPS) is 29.5. The average Bonchev–Trinajstić information content (AvgIpc) is 2.47. The molecule has 2 heterocycles. The molecule has 16 nitrogen and oxygen atoms in total. The van der Waals surface area contributed by atoms with E-state index in [1.807, 2.05) is 0 Å². The Labute approximate surface area is 155 Å². The zero-order valence-corrected chi connectivity index (χ0v) is 16.5. The molecule has 28 heavy (non-hydrogen) atoms. The number of anilines is 1. The lowest BCUT2D eigenvalue weighted by atomic mass is 9.93. The second-order valence-corrected chi connectivity index (χ2v) is 9.92. The quantitative estimate of drug-likeness (QED) is 0.246. The van der Waals surface area contributed by atoms with Crippen molar-refractivity contribution in [1.29, 1.82) is 0 Å². The first-order chi connectivity index (χ1) is 12.5. The molecule has 0 spiro atoms. The zero-order valence-electron chi connectivity index (χ0n) is 13.8. The fourth-order valence-electron chi connectivity index (χ4n) is 2.19. The van der Waals surface area contributed by atoms with Crippen LogP contribution in [0.5, 0.6) is 0 Å². The van der Waals surface area contributed by atoms with Gasteiger partial charge >= 0.3 is 29.2 Å². The molecule has 0 saturated carbocycles. The second-order valence-electron chi connectivity index (χ2n) is 5.50. The fraction of sp³-hybridized carbons (Fsp3) is 0.556. The molecule has 1 aromatic rings. The van der Waals surface area contributed by atoms with E-state index in [1.165, 1.54) is 13.0 Å². The summed E-state index contributed by atoms with van der Waals surface area (Å²) in [6.07, 6.45) is 0.0269. The Morgan fingerprint density at radius 2 is 1.86 bits per heavy atom. The molecule has 1 saturated heterocycles. The van der Waals surface area contributed by atoms with E-state index in [9.17, 15) is 28.5 Å². The fourth-order valence-corrected chi connectivity index (χ4v) is 5.22. The van der Waals surface area contributed by atoms with Crippen LogP contribution < -0.4 is 11.4 Å². The molecule has 1 aromatic heterocycles. The number of rotatable bonds is 8. The van der Waals surface area contributed by atoms with E-state index in [4.69, 9.17) is 25.2 Å². The predicted molar refractivity (Wildman–Crippen MR) is 87.0 cm³/mol. The third-order valence-electron chi connectivity index (χ3n) is 3.46. The van der Waals surface area contributed by atoms with Crippen LogP contribution in [0.25, 0.3) is 0 Å². The Hall–Kier alpha value is -0.990. The molecule has 1 fully saturated rings. The van der Waals surface area contributed by atoms with Crippen LogP contribution in [0.3, 0.4) is 0 Å². The van der Waals surface area contributed by atoms with Crippen LogP contribution in [-0.4, -0.2) is 46.9 Å². The monoisotopic (exact) mass is 467 g/mol. The molecule has 2 rings (SSSR count). The minimum Gasteiger partial charge on any atom is -0.383 e. The summed E-state index contributed by atoms with van der Waals surface area (Å²) in [7, 11) is -16.5. The van der Waals surface area contributed by atoms with Gasteiger partial charge in [-0.2, -0.15) is 13.6 Å². The first-order valence-corrected chi connectivity index (χ1v) is 11.6. The molecule has 0 radical (unpaired) electrons. The Morgan fingerprint density at radius 3 is 2.36 bits per heavy atom. The number of aromatic nitrogens is 2. The molecule has 0 bridgehead atoms. The van der Waals surface area contributed by atoms with Crippen LogP contribution in [0.2, 0.25) is 0 Å². The van der Waals surface area contributed by atoms with Crippen LogP contribution in [-0.2, 0) is 37.5 Å². The van der Waals surface area contributed by atoms with Gasteiger partial charge < -0.3 is 35.2 Å². The van der Waals surface area contributed by atoms with Gasteiger partial charge in [-0.05, 0) is 6.07 Å². The molecule has 160 valence electrons. The summed E-state index contributed by atoms with van der Waals surface area (Å²) in [5.74, 6) is -3.16. The van der Waals surface area contributed by atoms with E-state index in [0.29, 0.717) is 0 Å². The number of phosphoric ester groups is 1. The van der Waals surface area contributed by atoms with Crippen LogP contribution in [0.1, 0.15) is 6.92 Å². The van der Waals surface area contributed by atoms with Gasteiger partial charge in [-0.25, -0.2) is 23.1 Å². The van der Waals surface area contributed by atoms with E-state index in [-0.39, 0.29) is 5.82 Å². The lowest BCUT2D eigenvalue weighted by Gasteiger charge is -2.49. The molecule has 0 aliphatic carbocycles. The van der Waals surface area contributed by atoms with E-state index >= 15 is 0 Å². The van der Waals surface area contributed by atoms with Crippen LogP contribution in [0.15, 0.2) is 17.1 Å². The van der Waals surface area contributed by atoms with Crippen LogP contribution in [0.4, 0.5) is 5.82 Å².